The van der Waals surface area contributed by atoms with Crippen molar-refractivity contribution in [3.05, 3.63) is 79.0 Å². The molecule has 0 bridgehead atoms. The van der Waals surface area contributed by atoms with Crippen LogP contribution in [-0.2, 0) is 19.4 Å². The molecule has 2 aromatic carbocycles. The number of hydrogen-bond donors (Lipinski definition) is 1. The van der Waals surface area contributed by atoms with Crippen molar-refractivity contribution >= 4 is 11.0 Å². The molecule has 2 aliphatic rings. The molecule has 0 aromatic heterocycles. The number of H-pyrrole nitrogens is 1. The van der Waals surface area contributed by atoms with E-state index in [0.29, 0.717) is 12.4 Å². The van der Waals surface area contributed by atoms with Gasteiger partial charge in [-0.2, -0.15) is 4.98 Å². The summed E-state index contributed by atoms with van der Waals surface area (Å²) in [4.78, 5) is 35.4. The van der Waals surface area contributed by atoms with Gasteiger partial charge in [0.2, 0.25) is 0 Å². The summed E-state index contributed by atoms with van der Waals surface area (Å²) in [7, 11) is 0. The van der Waals surface area contributed by atoms with E-state index in [1.165, 1.54) is 22.3 Å². The topological polar surface area (TPSA) is 80.6 Å². The van der Waals surface area contributed by atoms with Crippen LogP contribution in [0, 0.1) is 20.8 Å². The second kappa shape index (κ2) is 8.46. The highest BCUT2D eigenvalue weighted by atomic mass is 16.2. The summed E-state index contributed by atoms with van der Waals surface area (Å²) in [5.74, 6) is 0.354. The Hall–Kier alpha value is -3.28. The monoisotopic (exact) mass is 416 g/mol. The van der Waals surface area contributed by atoms with Gasteiger partial charge >= 0.3 is 5.69 Å². The molecule has 2 aromatic rings. The maximum absolute atomic E-state index is 12.4. The number of benzene rings is 2. The normalized spacial score (nSPS) is 11.5. The maximum Gasteiger partial charge on any atom is 0.349 e. The molecule has 6 nitrogen and oxygen atoms in total. The van der Waals surface area contributed by atoms with Crippen LogP contribution in [0.3, 0.4) is 0 Å². The lowest BCUT2D eigenvalue weighted by molar-refractivity contribution is 0.648. The molecule has 0 amide bonds. The van der Waals surface area contributed by atoms with Gasteiger partial charge in [-0.05, 0) is 80.0 Å². The number of nitrogens with one attached hydrogen (secondary N) is 1. The van der Waals surface area contributed by atoms with Crippen molar-refractivity contribution in [2.75, 3.05) is 0 Å². The summed E-state index contributed by atoms with van der Waals surface area (Å²) >= 11 is 0. The van der Waals surface area contributed by atoms with Crippen molar-refractivity contribution in [2.24, 2.45) is 0 Å². The third kappa shape index (κ3) is 4.15. The Morgan fingerprint density at radius 1 is 0.935 bits per heavy atom. The van der Waals surface area contributed by atoms with Crippen molar-refractivity contribution in [1.29, 1.82) is 0 Å². The molecule has 0 saturated heterocycles. The third-order valence-electron chi connectivity index (χ3n) is 6.00. The molecule has 0 saturated carbocycles. The summed E-state index contributed by atoms with van der Waals surface area (Å²) < 4.78 is 1.99. The highest BCUT2D eigenvalue weighted by Crippen LogP contribution is 2.25. The van der Waals surface area contributed by atoms with Crippen LogP contribution in [0.5, 0.6) is 0 Å². The number of nitrogens with zero attached hydrogens (tertiary/aromatic N) is 3. The first kappa shape index (κ1) is 21.0. The summed E-state index contributed by atoms with van der Waals surface area (Å²) in [5.41, 5.74) is 7.02. The SMILES string of the molecule is CCCc1cc2c(cc1C)nc1c(=O)[nH]c(=O)nc-1n2CCCc1ccc(C)c(C)c1. The van der Waals surface area contributed by atoms with E-state index in [0.717, 1.165) is 42.3 Å². The lowest BCUT2D eigenvalue weighted by atomic mass is 10.0. The largest absolute Gasteiger partial charge is 0.349 e. The predicted molar refractivity (Wildman–Crippen MR) is 124 cm³/mol. The highest BCUT2D eigenvalue weighted by molar-refractivity contribution is 5.81. The molecular formula is C25H28N4O2. The summed E-state index contributed by atoms with van der Waals surface area (Å²) in [6, 6.07) is 10.7. The second-order valence-corrected chi connectivity index (χ2v) is 8.35. The summed E-state index contributed by atoms with van der Waals surface area (Å²) in [6.07, 6.45) is 3.78. The molecule has 2 aliphatic heterocycles. The van der Waals surface area contributed by atoms with E-state index in [-0.39, 0.29) is 5.69 Å². The Labute approximate surface area is 181 Å². The summed E-state index contributed by atoms with van der Waals surface area (Å²) in [5, 5.41) is 0. The van der Waals surface area contributed by atoms with Crippen LogP contribution in [0.4, 0.5) is 0 Å². The zero-order chi connectivity index (χ0) is 22.1. The van der Waals surface area contributed by atoms with Gasteiger partial charge in [0, 0.05) is 6.54 Å². The van der Waals surface area contributed by atoms with Crippen LogP contribution in [0.1, 0.15) is 47.6 Å². The fourth-order valence-corrected chi connectivity index (χ4v) is 4.15. The Morgan fingerprint density at radius 2 is 1.74 bits per heavy atom. The maximum atomic E-state index is 12.4. The van der Waals surface area contributed by atoms with Crippen LogP contribution >= 0.6 is 0 Å². The first-order valence-electron chi connectivity index (χ1n) is 10.9. The molecule has 0 spiro atoms. The second-order valence-electron chi connectivity index (χ2n) is 8.35. The molecule has 0 radical (unpaired) electrons. The molecule has 0 atom stereocenters. The van der Waals surface area contributed by atoms with Crippen LogP contribution < -0.4 is 11.2 Å². The number of aromatic amines is 1. The average molecular weight is 417 g/mol. The molecule has 0 unspecified atom stereocenters. The van der Waals surface area contributed by atoms with Gasteiger partial charge in [-0.3, -0.25) is 9.78 Å². The molecule has 1 N–H and O–H groups in total. The van der Waals surface area contributed by atoms with Gasteiger partial charge in [0.15, 0.2) is 11.5 Å². The summed E-state index contributed by atoms with van der Waals surface area (Å²) in [6.45, 7) is 9.12. The number of rotatable bonds is 6. The van der Waals surface area contributed by atoms with E-state index in [9.17, 15) is 9.59 Å². The van der Waals surface area contributed by atoms with E-state index in [2.05, 4.69) is 66.9 Å². The molecule has 31 heavy (non-hydrogen) atoms. The Kier molecular flexibility index (Phi) is 5.72. The molecule has 0 fully saturated rings. The van der Waals surface area contributed by atoms with Crippen molar-refractivity contribution in [1.82, 2.24) is 19.5 Å². The number of hydrogen-bond acceptors (Lipinski definition) is 4. The van der Waals surface area contributed by atoms with Crippen molar-refractivity contribution < 1.29 is 0 Å². The minimum absolute atomic E-state index is 0.209. The molecule has 2 heterocycles. The molecule has 4 rings (SSSR count). The van der Waals surface area contributed by atoms with E-state index >= 15 is 0 Å². The van der Waals surface area contributed by atoms with E-state index in [1.54, 1.807) is 0 Å². The molecule has 160 valence electrons. The van der Waals surface area contributed by atoms with Crippen molar-refractivity contribution in [3.8, 4) is 11.5 Å². The first-order valence-corrected chi connectivity index (χ1v) is 10.9. The smallest absolute Gasteiger partial charge is 0.322 e. The van der Waals surface area contributed by atoms with Gasteiger partial charge in [0.05, 0.1) is 11.0 Å². The fourth-order valence-electron chi connectivity index (χ4n) is 4.15. The van der Waals surface area contributed by atoms with E-state index in [1.807, 2.05) is 10.6 Å². The lowest BCUT2D eigenvalue weighted by Gasteiger charge is -2.18. The highest BCUT2D eigenvalue weighted by Gasteiger charge is 2.19. The zero-order valence-electron chi connectivity index (χ0n) is 18.6. The van der Waals surface area contributed by atoms with E-state index in [4.69, 9.17) is 0 Å². The van der Waals surface area contributed by atoms with Crippen LogP contribution in [0.25, 0.3) is 22.6 Å². The van der Waals surface area contributed by atoms with Gasteiger partial charge < -0.3 is 4.57 Å². The quantitative estimate of drug-likeness (QED) is 0.480. The first-order chi connectivity index (χ1) is 14.9. The Morgan fingerprint density at radius 3 is 2.48 bits per heavy atom. The standard InChI is InChI=1S/C25H28N4O2/c1-5-7-19-14-21-20(13-17(19)4)26-22-23(27-25(31)28-24(22)30)29(21)11-6-8-18-10-9-15(2)16(3)12-18/h9-10,12-14H,5-8,11H2,1-4H3,(H,28,30,31). The average Bonchev–Trinajstić information content (AvgIpc) is 2.72. The lowest BCUT2D eigenvalue weighted by Crippen LogP contribution is -2.29. The van der Waals surface area contributed by atoms with Crippen molar-refractivity contribution in [3.63, 3.8) is 0 Å². The van der Waals surface area contributed by atoms with Crippen molar-refractivity contribution in [2.45, 2.75) is 59.9 Å². The minimum atomic E-state index is -0.637. The van der Waals surface area contributed by atoms with Gasteiger partial charge in [-0.25, -0.2) is 9.78 Å². The Bertz CT molecular complexity index is 1350. The van der Waals surface area contributed by atoms with Gasteiger partial charge in [0.1, 0.15) is 0 Å². The van der Waals surface area contributed by atoms with Gasteiger partial charge in [0.25, 0.3) is 5.56 Å². The molecule has 0 aliphatic carbocycles. The Balaban J connectivity index is 1.80. The van der Waals surface area contributed by atoms with Crippen LogP contribution in [0.2, 0.25) is 0 Å². The number of aromatic nitrogens is 4. The zero-order valence-corrected chi connectivity index (χ0v) is 18.6. The van der Waals surface area contributed by atoms with Crippen LogP contribution in [0.15, 0.2) is 39.9 Å². The fraction of sp³-hybridized carbons (Fsp3) is 0.360. The van der Waals surface area contributed by atoms with Crippen LogP contribution in [-0.4, -0.2) is 19.5 Å². The predicted octanol–water partition coefficient (Wildman–Crippen LogP) is 4.10. The van der Waals surface area contributed by atoms with E-state index < -0.39 is 11.2 Å². The molecular weight excluding hydrogens is 388 g/mol. The number of fused-ring (bicyclic) bond motifs is 2. The van der Waals surface area contributed by atoms with Gasteiger partial charge in [-0.1, -0.05) is 31.5 Å². The number of aryl methyl sites for hydroxylation is 6. The minimum Gasteiger partial charge on any atom is -0.322 e. The third-order valence-corrected chi connectivity index (χ3v) is 6.00. The molecule has 6 heteroatoms. The van der Waals surface area contributed by atoms with Gasteiger partial charge in [-0.15, -0.1) is 0 Å².